The summed E-state index contributed by atoms with van der Waals surface area (Å²) in [4.78, 5) is 0. The minimum Gasteiger partial charge on any atom is -0.301 e. The molecule has 0 aromatic heterocycles. The molecule has 0 amide bonds. The van der Waals surface area contributed by atoms with Crippen molar-refractivity contribution in [3.8, 4) is 0 Å². The number of piperidine rings is 1. The van der Waals surface area contributed by atoms with Crippen LogP contribution in [0.5, 0.6) is 0 Å². The molecule has 0 aromatic carbocycles. The van der Waals surface area contributed by atoms with Crippen molar-refractivity contribution in [2.24, 2.45) is 0 Å². The third-order valence-corrected chi connectivity index (χ3v) is 3.22. The highest BCUT2D eigenvalue weighted by atomic mass is 32.2. The maximum atomic E-state index is 10.9. The van der Waals surface area contributed by atoms with Crippen molar-refractivity contribution in [1.82, 2.24) is 9.62 Å². The van der Waals surface area contributed by atoms with E-state index in [2.05, 4.69) is 5.32 Å². The zero-order valence-electron chi connectivity index (χ0n) is 7.73. The van der Waals surface area contributed by atoms with Gasteiger partial charge in [0.25, 0.3) is 0 Å². The molecule has 1 fully saturated rings. The van der Waals surface area contributed by atoms with E-state index in [1.54, 1.807) is 0 Å². The number of rotatable bonds is 3. The molecular formula is C7H16N2O3S. The summed E-state index contributed by atoms with van der Waals surface area (Å²) >= 11 is 0. The average molecular weight is 208 g/mol. The summed E-state index contributed by atoms with van der Waals surface area (Å²) in [5, 5.41) is 3.03. The lowest BCUT2D eigenvalue weighted by molar-refractivity contribution is 0.200. The van der Waals surface area contributed by atoms with Crippen molar-refractivity contribution >= 4 is 10.3 Å². The fraction of sp³-hybridized carbons (Fsp3) is 1.00. The van der Waals surface area contributed by atoms with Crippen molar-refractivity contribution in [1.29, 1.82) is 0 Å². The Labute approximate surface area is 79.0 Å². The Morgan fingerprint density at radius 3 is 2.77 bits per heavy atom. The van der Waals surface area contributed by atoms with Gasteiger partial charge in [-0.15, -0.1) is 0 Å². The van der Waals surface area contributed by atoms with Gasteiger partial charge in [0.15, 0.2) is 0 Å². The van der Waals surface area contributed by atoms with Crippen LogP contribution in [-0.2, 0) is 10.3 Å². The fourth-order valence-electron chi connectivity index (χ4n) is 1.62. The number of nitrogens with one attached hydrogen (secondary N) is 1. The summed E-state index contributed by atoms with van der Waals surface area (Å²) in [7, 11) is -4.03. The number of nitrogens with zero attached hydrogens (tertiary/aromatic N) is 1. The molecule has 0 bridgehead atoms. The second-order valence-corrected chi connectivity index (χ2v) is 4.52. The zero-order chi connectivity index (χ0) is 9.90. The summed E-state index contributed by atoms with van der Waals surface area (Å²) in [5.74, 6) is 0. The van der Waals surface area contributed by atoms with E-state index in [4.69, 9.17) is 4.55 Å². The third-order valence-electron chi connectivity index (χ3n) is 2.19. The maximum Gasteiger partial charge on any atom is 0.337 e. The van der Waals surface area contributed by atoms with Crippen molar-refractivity contribution in [2.75, 3.05) is 13.1 Å². The molecule has 0 aliphatic carbocycles. The largest absolute Gasteiger partial charge is 0.337 e. The highest BCUT2D eigenvalue weighted by molar-refractivity contribution is 7.83. The monoisotopic (exact) mass is 208 g/mol. The van der Waals surface area contributed by atoms with Crippen LogP contribution < -0.4 is 5.32 Å². The molecule has 2 N–H and O–H groups in total. The van der Waals surface area contributed by atoms with Crippen LogP contribution >= 0.6 is 0 Å². The van der Waals surface area contributed by atoms with Crippen molar-refractivity contribution < 1.29 is 13.0 Å². The minimum absolute atomic E-state index is 0.228. The molecule has 1 atom stereocenters. The van der Waals surface area contributed by atoms with E-state index in [9.17, 15) is 8.42 Å². The van der Waals surface area contributed by atoms with Gasteiger partial charge in [0, 0.05) is 6.54 Å². The number of hydrogen-bond donors (Lipinski definition) is 2. The van der Waals surface area contributed by atoms with Crippen LogP contribution in [0.2, 0.25) is 0 Å². The summed E-state index contributed by atoms with van der Waals surface area (Å²) in [6.45, 7) is 3.03. The standard InChI is InChI=1S/C7H16N2O3S/c1-2-8-7-5-3-4-6-9(7)13(10,11)12/h7-8H,2-6H2,1H3,(H,10,11,12). The van der Waals surface area contributed by atoms with Gasteiger partial charge in [-0.25, -0.2) is 0 Å². The van der Waals surface area contributed by atoms with E-state index in [0.29, 0.717) is 13.1 Å². The summed E-state index contributed by atoms with van der Waals surface area (Å²) < 4.78 is 31.8. The number of hydrogen-bond acceptors (Lipinski definition) is 3. The second-order valence-electron chi connectivity index (χ2n) is 3.16. The Hall–Kier alpha value is -0.170. The van der Waals surface area contributed by atoms with Crippen LogP contribution in [0.25, 0.3) is 0 Å². The third kappa shape index (κ3) is 2.91. The van der Waals surface area contributed by atoms with Gasteiger partial charge in [-0.05, 0) is 25.8 Å². The first kappa shape index (κ1) is 10.9. The van der Waals surface area contributed by atoms with Crippen molar-refractivity contribution in [2.45, 2.75) is 32.4 Å². The molecule has 6 heteroatoms. The first-order valence-electron chi connectivity index (χ1n) is 4.53. The van der Waals surface area contributed by atoms with Gasteiger partial charge < -0.3 is 5.32 Å². The van der Waals surface area contributed by atoms with Gasteiger partial charge in [-0.2, -0.15) is 12.7 Å². The van der Waals surface area contributed by atoms with E-state index in [1.807, 2.05) is 6.92 Å². The molecule has 78 valence electrons. The predicted molar refractivity (Wildman–Crippen MR) is 49.6 cm³/mol. The highest BCUT2D eigenvalue weighted by Crippen LogP contribution is 2.17. The van der Waals surface area contributed by atoms with Crippen LogP contribution in [0.15, 0.2) is 0 Å². The SMILES string of the molecule is CCNC1CCCCN1S(=O)(=O)O. The highest BCUT2D eigenvalue weighted by Gasteiger charge is 2.29. The molecule has 0 radical (unpaired) electrons. The summed E-state index contributed by atoms with van der Waals surface area (Å²) in [6, 6.07) is 0. The maximum absolute atomic E-state index is 10.9. The lowest BCUT2D eigenvalue weighted by atomic mass is 10.1. The molecule has 13 heavy (non-hydrogen) atoms. The lowest BCUT2D eigenvalue weighted by Gasteiger charge is -2.32. The summed E-state index contributed by atoms with van der Waals surface area (Å²) in [6.07, 6.45) is 2.37. The zero-order valence-corrected chi connectivity index (χ0v) is 8.55. The fourth-order valence-corrected chi connectivity index (χ4v) is 2.48. The van der Waals surface area contributed by atoms with E-state index >= 15 is 0 Å². The normalized spacial score (nSPS) is 26.2. The van der Waals surface area contributed by atoms with Gasteiger partial charge in [-0.1, -0.05) is 6.92 Å². The molecule has 1 saturated heterocycles. The van der Waals surface area contributed by atoms with Crippen LogP contribution in [0.4, 0.5) is 0 Å². The molecule has 1 aliphatic heterocycles. The molecule has 0 aromatic rings. The van der Waals surface area contributed by atoms with Crippen molar-refractivity contribution in [3.05, 3.63) is 0 Å². The molecule has 0 saturated carbocycles. The molecule has 1 rings (SSSR count). The van der Waals surface area contributed by atoms with Gasteiger partial charge in [-0.3, -0.25) is 4.55 Å². The van der Waals surface area contributed by atoms with E-state index in [1.165, 1.54) is 0 Å². The van der Waals surface area contributed by atoms with E-state index in [0.717, 1.165) is 23.6 Å². The second kappa shape index (κ2) is 4.36. The Morgan fingerprint density at radius 1 is 1.54 bits per heavy atom. The van der Waals surface area contributed by atoms with Gasteiger partial charge in [0.1, 0.15) is 0 Å². The minimum atomic E-state index is -4.03. The topological polar surface area (TPSA) is 69.6 Å². The molecule has 5 nitrogen and oxygen atoms in total. The van der Waals surface area contributed by atoms with E-state index in [-0.39, 0.29) is 6.17 Å². The first-order chi connectivity index (χ1) is 6.05. The summed E-state index contributed by atoms with van der Waals surface area (Å²) in [5.41, 5.74) is 0. The smallest absolute Gasteiger partial charge is 0.301 e. The van der Waals surface area contributed by atoms with Crippen LogP contribution in [0.3, 0.4) is 0 Å². The van der Waals surface area contributed by atoms with Crippen LogP contribution in [0.1, 0.15) is 26.2 Å². The first-order valence-corrected chi connectivity index (χ1v) is 5.93. The Morgan fingerprint density at radius 2 is 2.23 bits per heavy atom. The molecular weight excluding hydrogens is 192 g/mol. The van der Waals surface area contributed by atoms with Gasteiger partial charge in [0.2, 0.25) is 0 Å². The molecule has 1 aliphatic rings. The van der Waals surface area contributed by atoms with Crippen molar-refractivity contribution in [3.63, 3.8) is 0 Å². The van der Waals surface area contributed by atoms with Gasteiger partial charge >= 0.3 is 10.3 Å². The Kier molecular flexibility index (Phi) is 3.66. The lowest BCUT2D eigenvalue weighted by Crippen LogP contribution is -2.50. The van der Waals surface area contributed by atoms with E-state index < -0.39 is 10.3 Å². The Balaban J connectivity index is 2.67. The molecule has 1 heterocycles. The Bertz CT molecular complexity index is 250. The van der Waals surface area contributed by atoms with Gasteiger partial charge in [0.05, 0.1) is 6.17 Å². The van der Waals surface area contributed by atoms with Crippen LogP contribution in [-0.4, -0.2) is 36.5 Å². The average Bonchev–Trinajstić information content (AvgIpc) is 2.04. The predicted octanol–water partition coefficient (Wildman–Crippen LogP) is 0.211. The van der Waals surface area contributed by atoms with Crippen LogP contribution in [0, 0.1) is 0 Å². The quantitative estimate of drug-likeness (QED) is 0.651. The molecule has 1 unspecified atom stereocenters. The molecule has 0 spiro atoms.